The van der Waals surface area contributed by atoms with Crippen LogP contribution in [0.3, 0.4) is 0 Å². The van der Waals surface area contributed by atoms with Crippen molar-refractivity contribution >= 4 is 23.2 Å². The molecule has 0 atom stereocenters. The molecule has 0 aliphatic heterocycles. The van der Waals surface area contributed by atoms with Gasteiger partial charge >= 0.3 is 0 Å². The molecule has 0 heterocycles. The predicted octanol–water partition coefficient (Wildman–Crippen LogP) is 3.54. The highest BCUT2D eigenvalue weighted by atomic mass is 35.5. The van der Waals surface area contributed by atoms with E-state index in [0.29, 0.717) is 19.7 Å². The number of halogens is 1. The minimum Gasteiger partial charge on any atom is -0.383 e. The summed E-state index contributed by atoms with van der Waals surface area (Å²) in [6.07, 6.45) is 0. The van der Waals surface area contributed by atoms with Crippen LogP contribution in [0.2, 0.25) is 5.02 Å². The Balaban J connectivity index is 2.32. The Labute approximate surface area is 144 Å². The van der Waals surface area contributed by atoms with Gasteiger partial charge in [-0.15, -0.1) is 0 Å². The summed E-state index contributed by atoms with van der Waals surface area (Å²) in [5.41, 5.74) is 0.637. The van der Waals surface area contributed by atoms with Crippen LogP contribution in [0.15, 0.2) is 48.5 Å². The molecule has 1 amide bonds. The van der Waals surface area contributed by atoms with E-state index in [-0.39, 0.29) is 16.3 Å². The van der Waals surface area contributed by atoms with Crippen molar-refractivity contribution in [2.24, 2.45) is 0 Å². The Bertz CT molecular complexity index is 722. The first kappa shape index (κ1) is 17.9. The summed E-state index contributed by atoms with van der Waals surface area (Å²) in [7, 11) is 1.54. The maximum atomic E-state index is 12.8. The van der Waals surface area contributed by atoms with Crippen molar-refractivity contribution < 1.29 is 14.5 Å². The molecule has 0 saturated carbocycles. The van der Waals surface area contributed by atoms with Gasteiger partial charge in [0.25, 0.3) is 11.6 Å². The van der Waals surface area contributed by atoms with Crippen molar-refractivity contribution in [2.75, 3.05) is 20.3 Å². The van der Waals surface area contributed by atoms with E-state index in [2.05, 4.69) is 0 Å². The fraction of sp³-hybridized carbons (Fsp3) is 0.235. The summed E-state index contributed by atoms with van der Waals surface area (Å²) in [4.78, 5) is 25.0. The topological polar surface area (TPSA) is 72.7 Å². The van der Waals surface area contributed by atoms with Crippen LogP contribution >= 0.6 is 11.6 Å². The second kappa shape index (κ2) is 8.42. The lowest BCUT2D eigenvalue weighted by atomic mass is 10.1. The largest absolute Gasteiger partial charge is 0.383 e. The molecule has 0 N–H and O–H groups in total. The predicted molar refractivity (Wildman–Crippen MR) is 91.2 cm³/mol. The number of carbonyl (C=O) groups excluding carboxylic acids is 1. The maximum Gasteiger partial charge on any atom is 0.283 e. The van der Waals surface area contributed by atoms with Crippen LogP contribution in [0.5, 0.6) is 0 Å². The zero-order valence-corrected chi connectivity index (χ0v) is 13.9. The second-order valence-corrected chi connectivity index (χ2v) is 5.56. The smallest absolute Gasteiger partial charge is 0.283 e. The average Bonchev–Trinajstić information content (AvgIpc) is 2.58. The van der Waals surface area contributed by atoms with E-state index in [1.165, 1.54) is 30.2 Å². The molecule has 7 heteroatoms. The summed E-state index contributed by atoms with van der Waals surface area (Å²) in [5, 5.41) is 11.4. The molecule has 2 aromatic rings. The Hall–Kier alpha value is -2.44. The molecule has 0 radical (unpaired) electrons. The van der Waals surface area contributed by atoms with Crippen molar-refractivity contribution in [2.45, 2.75) is 6.54 Å². The average molecular weight is 349 g/mol. The number of ether oxygens (including phenoxy) is 1. The minimum atomic E-state index is -0.601. The Morgan fingerprint density at radius 1 is 1.25 bits per heavy atom. The van der Waals surface area contributed by atoms with Gasteiger partial charge in [0, 0.05) is 31.3 Å². The molecule has 0 aliphatic rings. The summed E-state index contributed by atoms with van der Waals surface area (Å²) in [5.74, 6) is -0.431. The fourth-order valence-corrected chi connectivity index (χ4v) is 2.43. The molecule has 0 bridgehead atoms. The molecule has 2 aromatic carbocycles. The molecule has 126 valence electrons. The van der Waals surface area contributed by atoms with E-state index >= 15 is 0 Å². The molecule has 24 heavy (non-hydrogen) atoms. The van der Waals surface area contributed by atoms with Crippen molar-refractivity contribution in [1.29, 1.82) is 0 Å². The van der Waals surface area contributed by atoms with E-state index in [9.17, 15) is 14.9 Å². The quantitative estimate of drug-likeness (QED) is 0.566. The van der Waals surface area contributed by atoms with E-state index in [0.717, 1.165) is 5.56 Å². The highest BCUT2D eigenvalue weighted by Gasteiger charge is 2.25. The number of nitrogens with zero attached hydrogens (tertiary/aromatic N) is 2. The zero-order valence-electron chi connectivity index (χ0n) is 13.1. The summed E-state index contributed by atoms with van der Waals surface area (Å²) >= 11 is 5.81. The third-order valence-electron chi connectivity index (χ3n) is 3.46. The fourth-order valence-electron chi connectivity index (χ4n) is 2.26. The van der Waals surface area contributed by atoms with Crippen LogP contribution in [-0.2, 0) is 11.3 Å². The molecule has 2 rings (SSSR count). The first-order chi connectivity index (χ1) is 11.5. The van der Waals surface area contributed by atoms with Crippen LogP contribution in [-0.4, -0.2) is 36.0 Å². The third kappa shape index (κ3) is 4.53. The summed E-state index contributed by atoms with van der Waals surface area (Å²) in [6.45, 7) is 0.993. The number of nitro benzene ring substituents is 1. The first-order valence-electron chi connectivity index (χ1n) is 7.29. The standard InChI is InChI=1S/C17H17ClN2O4/c1-24-10-9-19(12-13-5-3-2-4-6-13)17(21)15-8-7-14(18)11-16(15)20(22)23/h2-8,11H,9-10,12H2,1H3. The zero-order chi connectivity index (χ0) is 17.5. The molecule has 6 nitrogen and oxygen atoms in total. The minimum absolute atomic E-state index is 0.0106. The number of amides is 1. The van der Waals surface area contributed by atoms with Crippen molar-refractivity contribution in [3.05, 3.63) is 74.8 Å². The number of rotatable bonds is 7. The molecule has 0 fully saturated rings. The molecular formula is C17H17ClN2O4. The second-order valence-electron chi connectivity index (χ2n) is 5.12. The Morgan fingerprint density at radius 2 is 1.96 bits per heavy atom. The Kier molecular flexibility index (Phi) is 6.28. The molecule has 0 spiro atoms. The Morgan fingerprint density at radius 3 is 2.58 bits per heavy atom. The highest BCUT2D eigenvalue weighted by molar-refractivity contribution is 6.31. The van der Waals surface area contributed by atoms with E-state index in [1.54, 1.807) is 0 Å². The molecule has 0 unspecified atom stereocenters. The van der Waals surface area contributed by atoms with Crippen LogP contribution in [0, 0.1) is 10.1 Å². The number of carbonyl (C=O) groups is 1. The molecule has 0 aromatic heterocycles. The molecule has 0 aliphatic carbocycles. The number of nitro groups is 1. The van der Waals surface area contributed by atoms with Gasteiger partial charge < -0.3 is 9.64 Å². The van der Waals surface area contributed by atoms with Crippen LogP contribution in [0.25, 0.3) is 0 Å². The number of hydrogen-bond acceptors (Lipinski definition) is 4. The van der Waals surface area contributed by atoms with E-state index < -0.39 is 10.8 Å². The van der Waals surface area contributed by atoms with Gasteiger partial charge in [-0.2, -0.15) is 0 Å². The number of hydrogen-bond donors (Lipinski definition) is 0. The lowest BCUT2D eigenvalue weighted by Gasteiger charge is -2.22. The van der Waals surface area contributed by atoms with Gasteiger partial charge in [0.2, 0.25) is 0 Å². The highest BCUT2D eigenvalue weighted by Crippen LogP contribution is 2.25. The maximum absolute atomic E-state index is 12.8. The lowest BCUT2D eigenvalue weighted by Crippen LogP contribution is -2.33. The van der Waals surface area contributed by atoms with Gasteiger partial charge in [0.15, 0.2) is 0 Å². The third-order valence-corrected chi connectivity index (χ3v) is 3.69. The van der Waals surface area contributed by atoms with Gasteiger partial charge in [-0.05, 0) is 17.7 Å². The van der Waals surface area contributed by atoms with Gasteiger partial charge in [-0.25, -0.2) is 0 Å². The normalized spacial score (nSPS) is 10.4. The summed E-state index contributed by atoms with van der Waals surface area (Å²) < 4.78 is 5.04. The van der Waals surface area contributed by atoms with Gasteiger partial charge in [0.05, 0.1) is 11.5 Å². The van der Waals surface area contributed by atoms with Crippen LogP contribution in [0.4, 0.5) is 5.69 Å². The SMILES string of the molecule is COCCN(Cc1ccccc1)C(=O)c1ccc(Cl)cc1[N+](=O)[O-]. The van der Waals surface area contributed by atoms with Gasteiger partial charge in [-0.1, -0.05) is 41.9 Å². The summed E-state index contributed by atoms with van der Waals surface area (Å²) in [6, 6.07) is 13.5. The van der Waals surface area contributed by atoms with Gasteiger partial charge in [0.1, 0.15) is 5.56 Å². The number of benzene rings is 2. The van der Waals surface area contributed by atoms with Crippen molar-refractivity contribution in [3.8, 4) is 0 Å². The molecule has 0 saturated heterocycles. The van der Waals surface area contributed by atoms with Crippen molar-refractivity contribution in [1.82, 2.24) is 4.90 Å². The van der Waals surface area contributed by atoms with E-state index in [4.69, 9.17) is 16.3 Å². The monoisotopic (exact) mass is 348 g/mol. The van der Waals surface area contributed by atoms with Gasteiger partial charge in [-0.3, -0.25) is 14.9 Å². The van der Waals surface area contributed by atoms with Crippen LogP contribution < -0.4 is 0 Å². The number of methoxy groups -OCH3 is 1. The molecular weight excluding hydrogens is 332 g/mol. The van der Waals surface area contributed by atoms with E-state index in [1.807, 2.05) is 30.3 Å². The van der Waals surface area contributed by atoms with Crippen LogP contribution in [0.1, 0.15) is 15.9 Å². The van der Waals surface area contributed by atoms with Crippen molar-refractivity contribution in [3.63, 3.8) is 0 Å². The first-order valence-corrected chi connectivity index (χ1v) is 7.67. The lowest BCUT2D eigenvalue weighted by molar-refractivity contribution is -0.385.